The summed E-state index contributed by atoms with van der Waals surface area (Å²) < 4.78 is 5.12. The lowest BCUT2D eigenvalue weighted by Gasteiger charge is -2.17. The molecule has 2 unspecified atom stereocenters. The van der Waals surface area contributed by atoms with Gasteiger partial charge in [0.05, 0.1) is 12.0 Å². The number of carboxylic acid groups (broad SMARTS) is 1. The molecule has 0 saturated heterocycles. The molecule has 0 heterocycles. The summed E-state index contributed by atoms with van der Waals surface area (Å²) in [4.78, 5) is 11.2. The number of carbonyl (C=O) groups is 1. The predicted molar refractivity (Wildman–Crippen MR) is 62.6 cm³/mol. The topological polar surface area (TPSA) is 46.5 Å². The molecule has 1 N–H and O–H groups in total. The summed E-state index contributed by atoms with van der Waals surface area (Å²) in [6.07, 6.45) is 0.441. The van der Waals surface area contributed by atoms with Crippen LogP contribution >= 0.6 is 0 Å². The molecule has 0 spiro atoms. The summed E-state index contributed by atoms with van der Waals surface area (Å²) in [5.74, 6) is -1.29. The molecular weight excluding hydrogens is 204 g/mol. The minimum atomic E-state index is -0.797. The molecule has 2 atom stereocenters. The van der Waals surface area contributed by atoms with E-state index >= 15 is 0 Å². The van der Waals surface area contributed by atoms with Crippen LogP contribution < -0.4 is 0 Å². The molecule has 16 heavy (non-hydrogen) atoms. The van der Waals surface area contributed by atoms with Gasteiger partial charge < -0.3 is 9.84 Å². The number of rotatable bonds is 5. The minimum Gasteiger partial charge on any atom is -0.481 e. The van der Waals surface area contributed by atoms with Gasteiger partial charge in [0.15, 0.2) is 0 Å². The summed E-state index contributed by atoms with van der Waals surface area (Å²) in [6, 6.07) is 7.62. The number of aliphatic carboxylic acids is 1. The largest absolute Gasteiger partial charge is 0.481 e. The van der Waals surface area contributed by atoms with Crippen molar-refractivity contribution in [2.24, 2.45) is 0 Å². The Morgan fingerprint density at radius 3 is 2.69 bits per heavy atom. The molecule has 0 aliphatic heterocycles. The Morgan fingerprint density at radius 2 is 2.19 bits per heavy atom. The zero-order valence-corrected chi connectivity index (χ0v) is 9.93. The molecule has 1 aromatic carbocycles. The average Bonchev–Trinajstić information content (AvgIpc) is 2.25. The highest BCUT2D eigenvalue weighted by Gasteiger charge is 2.22. The van der Waals surface area contributed by atoms with E-state index in [0.29, 0.717) is 6.42 Å². The van der Waals surface area contributed by atoms with Crippen molar-refractivity contribution in [2.45, 2.75) is 32.3 Å². The Morgan fingerprint density at radius 1 is 1.50 bits per heavy atom. The van der Waals surface area contributed by atoms with Gasteiger partial charge >= 0.3 is 5.97 Å². The molecule has 0 aliphatic carbocycles. The minimum absolute atomic E-state index is 0.0541. The number of methoxy groups -OCH3 is 1. The normalized spacial score (nSPS) is 14.4. The maximum atomic E-state index is 11.2. The second kappa shape index (κ2) is 5.66. The van der Waals surface area contributed by atoms with E-state index in [1.807, 2.05) is 38.1 Å². The third-order valence-corrected chi connectivity index (χ3v) is 2.71. The average molecular weight is 222 g/mol. The van der Waals surface area contributed by atoms with E-state index in [2.05, 4.69) is 0 Å². The number of benzene rings is 1. The van der Waals surface area contributed by atoms with E-state index in [0.717, 1.165) is 11.1 Å². The fraction of sp³-hybridized carbons (Fsp3) is 0.462. The Balaban J connectivity index is 2.89. The summed E-state index contributed by atoms with van der Waals surface area (Å²) in [6.45, 7) is 3.84. The first-order chi connectivity index (χ1) is 7.54. The Kier molecular flexibility index (Phi) is 4.50. The van der Waals surface area contributed by atoms with Crippen molar-refractivity contribution in [1.82, 2.24) is 0 Å². The fourth-order valence-electron chi connectivity index (χ4n) is 1.69. The first-order valence-corrected chi connectivity index (χ1v) is 5.36. The first kappa shape index (κ1) is 12.7. The highest BCUT2D eigenvalue weighted by Crippen LogP contribution is 2.23. The van der Waals surface area contributed by atoms with Crippen LogP contribution in [0.5, 0.6) is 0 Å². The molecule has 0 aromatic heterocycles. The van der Waals surface area contributed by atoms with Gasteiger partial charge in [0.2, 0.25) is 0 Å². The fourth-order valence-corrected chi connectivity index (χ4v) is 1.69. The smallest absolute Gasteiger partial charge is 0.311 e. The molecule has 0 aliphatic rings. The van der Waals surface area contributed by atoms with E-state index in [-0.39, 0.29) is 6.10 Å². The van der Waals surface area contributed by atoms with Crippen LogP contribution in [0.2, 0.25) is 0 Å². The van der Waals surface area contributed by atoms with Crippen molar-refractivity contribution in [3.63, 3.8) is 0 Å². The standard InChI is InChI=1S/C13H18O3/c1-9-5-4-6-11(7-9)12(13(14)15)8-10(2)16-3/h4-7,10,12H,8H2,1-3H3,(H,14,15). The molecule has 1 rings (SSSR count). The van der Waals surface area contributed by atoms with Gasteiger partial charge in [0.1, 0.15) is 0 Å². The Hall–Kier alpha value is -1.35. The van der Waals surface area contributed by atoms with Gasteiger partial charge in [-0.25, -0.2) is 0 Å². The zero-order valence-electron chi connectivity index (χ0n) is 9.93. The van der Waals surface area contributed by atoms with Gasteiger partial charge in [-0.05, 0) is 25.8 Å². The maximum Gasteiger partial charge on any atom is 0.311 e. The van der Waals surface area contributed by atoms with Gasteiger partial charge in [0, 0.05) is 7.11 Å². The lowest BCUT2D eigenvalue weighted by atomic mass is 9.92. The highest BCUT2D eigenvalue weighted by molar-refractivity contribution is 5.76. The van der Waals surface area contributed by atoms with E-state index in [1.165, 1.54) is 0 Å². The van der Waals surface area contributed by atoms with Crippen molar-refractivity contribution in [3.05, 3.63) is 35.4 Å². The third-order valence-electron chi connectivity index (χ3n) is 2.71. The Labute approximate surface area is 96.1 Å². The number of hydrogen-bond acceptors (Lipinski definition) is 2. The number of hydrogen-bond donors (Lipinski definition) is 1. The molecule has 0 fully saturated rings. The highest BCUT2D eigenvalue weighted by atomic mass is 16.5. The Bertz CT molecular complexity index is 360. The molecule has 3 heteroatoms. The van der Waals surface area contributed by atoms with Crippen LogP contribution in [0.15, 0.2) is 24.3 Å². The molecule has 1 aromatic rings. The first-order valence-electron chi connectivity index (χ1n) is 5.36. The van der Waals surface area contributed by atoms with E-state index in [1.54, 1.807) is 7.11 Å². The van der Waals surface area contributed by atoms with Crippen LogP contribution in [0.4, 0.5) is 0 Å². The summed E-state index contributed by atoms with van der Waals surface area (Å²) >= 11 is 0. The van der Waals surface area contributed by atoms with Gasteiger partial charge in [-0.2, -0.15) is 0 Å². The monoisotopic (exact) mass is 222 g/mol. The van der Waals surface area contributed by atoms with Crippen LogP contribution in [0.3, 0.4) is 0 Å². The zero-order chi connectivity index (χ0) is 12.1. The molecule has 0 radical (unpaired) electrons. The van der Waals surface area contributed by atoms with Crippen molar-refractivity contribution in [1.29, 1.82) is 0 Å². The molecule has 0 saturated carbocycles. The number of carboxylic acids is 1. The van der Waals surface area contributed by atoms with Crippen molar-refractivity contribution >= 4 is 5.97 Å². The van der Waals surface area contributed by atoms with Crippen LogP contribution in [0.1, 0.15) is 30.4 Å². The second-order valence-electron chi connectivity index (χ2n) is 4.09. The van der Waals surface area contributed by atoms with E-state index in [9.17, 15) is 9.90 Å². The molecule has 0 amide bonds. The summed E-state index contributed by atoms with van der Waals surface area (Å²) in [5.41, 5.74) is 1.92. The lowest BCUT2D eigenvalue weighted by molar-refractivity contribution is -0.139. The van der Waals surface area contributed by atoms with Crippen LogP contribution in [-0.4, -0.2) is 24.3 Å². The quantitative estimate of drug-likeness (QED) is 0.833. The van der Waals surface area contributed by atoms with Gasteiger partial charge in [-0.3, -0.25) is 4.79 Å². The van der Waals surface area contributed by atoms with Crippen molar-refractivity contribution < 1.29 is 14.6 Å². The van der Waals surface area contributed by atoms with Crippen LogP contribution in [-0.2, 0) is 9.53 Å². The summed E-state index contributed by atoms with van der Waals surface area (Å²) in [5, 5.41) is 9.21. The van der Waals surface area contributed by atoms with E-state index in [4.69, 9.17) is 4.74 Å². The van der Waals surface area contributed by atoms with Crippen molar-refractivity contribution in [2.75, 3.05) is 7.11 Å². The predicted octanol–water partition coefficient (Wildman–Crippen LogP) is 2.59. The number of aryl methyl sites for hydroxylation is 1. The second-order valence-corrected chi connectivity index (χ2v) is 4.09. The van der Waals surface area contributed by atoms with Crippen molar-refractivity contribution in [3.8, 4) is 0 Å². The molecular formula is C13H18O3. The van der Waals surface area contributed by atoms with Gasteiger partial charge in [0.25, 0.3) is 0 Å². The number of ether oxygens (including phenoxy) is 1. The molecule has 0 bridgehead atoms. The van der Waals surface area contributed by atoms with E-state index < -0.39 is 11.9 Å². The SMILES string of the molecule is COC(C)CC(C(=O)O)c1cccc(C)c1. The summed E-state index contributed by atoms with van der Waals surface area (Å²) in [7, 11) is 1.60. The lowest BCUT2D eigenvalue weighted by Crippen LogP contribution is -2.18. The third kappa shape index (κ3) is 3.35. The molecule has 88 valence electrons. The van der Waals surface area contributed by atoms with Crippen LogP contribution in [0.25, 0.3) is 0 Å². The van der Waals surface area contributed by atoms with Gasteiger partial charge in [-0.1, -0.05) is 29.8 Å². The maximum absolute atomic E-state index is 11.2. The molecule has 3 nitrogen and oxygen atoms in total. The van der Waals surface area contributed by atoms with Crippen LogP contribution in [0, 0.1) is 6.92 Å². The van der Waals surface area contributed by atoms with Gasteiger partial charge in [-0.15, -0.1) is 0 Å².